The monoisotopic (exact) mass is 260 g/mol. The second-order valence-electron chi connectivity index (χ2n) is 5.74. The second kappa shape index (κ2) is 6.04. The van der Waals surface area contributed by atoms with Crippen molar-refractivity contribution in [3.05, 3.63) is 35.4 Å². The van der Waals surface area contributed by atoms with Crippen LogP contribution in [0.4, 0.5) is 0 Å². The van der Waals surface area contributed by atoms with Crippen LogP contribution in [0.15, 0.2) is 24.3 Å². The van der Waals surface area contributed by atoms with Crippen LogP contribution in [-0.4, -0.2) is 42.8 Å². The van der Waals surface area contributed by atoms with Gasteiger partial charge in [0.1, 0.15) is 0 Å². The van der Waals surface area contributed by atoms with Gasteiger partial charge in [0.05, 0.1) is 12.6 Å². The van der Waals surface area contributed by atoms with E-state index in [1.54, 1.807) is 0 Å². The van der Waals surface area contributed by atoms with Gasteiger partial charge in [0.25, 0.3) is 0 Å². The molecule has 104 valence electrons. The van der Waals surface area contributed by atoms with Crippen molar-refractivity contribution < 1.29 is 5.11 Å². The summed E-state index contributed by atoms with van der Waals surface area (Å²) in [4.78, 5) is 2.45. The SMILES string of the molecule is OCC(c1ccccc1C1CC1)N1CCCNCC1. The molecule has 0 bridgehead atoms. The molecule has 1 aliphatic carbocycles. The maximum Gasteiger partial charge on any atom is 0.0628 e. The van der Waals surface area contributed by atoms with E-state index in [9.17, 15) is 5.11 Å². The summed E-state index contributed by atoms with van der Waals surface area (Å²) in [5, 5.41) is 13.3. The molecule has 3 rings (SSSR count). The fourth-order valence-electron chi connectivity index (χ4n) is 3.17. The molecule has 1 saturated heterocycles. The number of benzene rings is 1. The Kier molecular flexibility index (Phi) is 4.16. The molecule has 0 radical (unpaired) electrons. The number of nitrogens with zero attached hydrogens (tertiary/aromatic N) is 1. The van der Waals surface area contributed by atoms with E-state index in [2.05, 4.69) is 34.5 Å². The molecular formula is C16H24N2O. The molecule has 1 unspecified atom stereocenters. The van der Waals surface area contributed by atoms with Gasteiger partial charge in [0, 0.05) is 19.6 Å². The Bertz CT molecular complexity index is 409. The maximum atomic E-state index is 9.89. The zero-order valence-electron chi connectivity index (χ0n) is 11.5. The molecule has 2 fully saturated rings. The summed E-state index contributed by atoms with van der Waals surface area (Å²) in [6, 6.07) is 8.89. The zero-order chi connectivity index (χ0) is 13.1. The van der Waals surface area contributed by atoms with E-state index in [0.717, 1.165) is 32.1 Å². The normalized spacial score (nSPS) is 23.0. The standard InChI is InChI=1S/C16H24N2O/c19-12-16(18-10-3-8-17-9-11-18)15-5-2-1-4-14(15)13-6-7-13/h1-2,4-5,13,16-17,19H,3,6-12H2. The topological polar surface area (TPSA) is 35.5 Å². The van der Waals surface area contributed by atoms with Gasteiger partial charge >= 0.3 is 0 Å². The van der Waals surface area contributed by atoms with Gasteiger partial charge < -0.3 is 10.4 Å². The van der Waals surface area contributed by atoms with E-state index in [0.29, 0.717) is 0 Å². The summed E-state index contributed by atoms with van der Waals surface area (Å²) < 4.78 is 0. The third-order valence-electron chi connectivity index (χ3n) is 4.36. The first-order valence-corrected chi connectivity index (χ1v) is 7.54. The average Bonchev–Trinajstić information content (AvgIpc) is 3.28. The second-order valence-corrected chi connectivity index (χ2v) is 5.74. The van der Waals surface area contributed by atoms with E-state index in [1.807, 2.05) is 0 Å². The van der Waals surface area contributed by atoms with Crippen molar-refractivity contribution in [3.63, 3.8) is 0 Å². The fraction of sp³-hybridized carbons (Fsp3) is 0.625. The summed E-state index contributed by atoms with van der Waals surface area (Å²) >= 11 is 0. The summed E-state index contributed by atoms with van der Waals surface area (Å²) in [7, 11) is 0. The third-order valence-corrected chi connectivity index (χ3v) is 4.36. The zero-order valence-corrected chi connectivity index (χ0v) is 11.5. The molecule has 3 nitrogen and oxygen atoms in total. The number of nitrogens with one attached hydrogen (secondary N) is 1. The minimum atomic E-state index is 0.177. The van der Waals surface area contributed by atoms with Crippen molar-refractivity contribution in [2.75, 3.05) is 32.8 Å². The molecule has 2 N–H and O–H groups in total. The first kappa shape index (κ1) is 13.1. The Morgan fingerprint density at radius 1 is 1.21 bits per heavy atom. The predicted molar refractivity (Wildman–Crippen MR) is 77.3 cm³/mol. The highest BCUT2D eigenvalue weighted by atomic mass is 16.3. The lowest BCUT2D eigenvalue weighted by atomic mass is 9.96. The lowest BCUT2D eigenvalue weighted by Gasteiger charge is -2.30. The summed E-state index contributed by atoms with van der Waals surface area (Å²) in [5.41, 5.74) is 2.83. The molecule has 1 aliphatic heterocycles. The summed E-state index contributed by atoms with van der Waals surface area (Å²) in [6.45, 7) is 4.46. The molecule has 0 amide bonds. The molecule has 0 spiro atoms. The lowest BCUT2D eigenvalue weighted by Crippen LogP contribution is -2.34. The summed E-state index contributed by atoms with van der Waals surface area (Å²) in [6.07, 6.45) is 3.80. The van der Waals surface area contributed by atoms with Crippen molar-refractivity contribution >= 4 is 0 Å². The van der Waals surface area contributed by atoms with E-state index in [1.165, 1.54) is 30.4 Å². The van der Waals surface area contributed by atoms with Crippen LogP contribution in [-0.2, 0) is 0 Å². The Labute approximate surface area is 115 Å². The minimum Gasteiger partial charge on any atom is -0.394 e. The van der Waals surface area contributed by atoms with Crippen LogP contribution in [0.1, 0.15) is 42.3 Å². The van der Waals surface area contributed by atoms with Gasteiger partial charge in [-0.3, -0.25) is 4.90 Å². The molecule has 1 saturated carbocycles. The first-order valence-electron chi connectivity index (χ1n) is 7.54. The molecule has 0 aromatic heterocycles. The highest BCUT2D eigenvalue weighted by Crippen LogP contribution is 2.43. The van der Waals surface area contributed by atoms with Gasteiger partial charge in [-0.1, -0.05) is 24.3 Å². The largest absolute Gasteiger partial charge is 0.394 e. The first-order chi connectivity index (χ1) is 9.40. The van der Waals surface area contributed by atoms with E-state index >= 15 is 0 Å². The van der Waals surface area contributed by atoms with Gasteiger partial charge in [-0.25, -0.2) is 0 Å². The van der Waals surface area contributed by atoms with Crippen molar-refractivity contribution in [1.82, 2.24) is 10.2 Å². The minimum absolute atomic E-state index is 0.177. The quantitative estimate of drug-likeness (QED) is 0.868. The molecule has 1 heterocycles. The lowest BCUT2D eigenvalue weighted by molar-refractivity contribution is 0.129. The Morgan fingerprint density at radius 3 is 2.84 bits per heavy atom. The van der Waals surface area contributed by atoms with E-state index in [4.69, 9.17) is 0 Å². The summed E-state index contributed by atoms with van der Waals surface area (Å²) in [5.74, 6) is 0.746. The molecule has 19 heavy (non-hydrogen) atoms. The van der Waals surface area contributed by atoms with Gasteiger partial charge in [0.2, 0.25) is 0 Å². The molecule has 3 heteroatoms. The Hall–Kier alpha value is -0.900. The predicted octanol–water partition coefficient (Wildman–Crippen LogP) is 1.89. The van der Waals surface area contributed by atoms with Crippen molar-refractivity contribution in [2.24, 2.45) is 0 Å². The van der Waals surface area contributed by atoms with Crippen LogP contribution in [0, 0.1) is 0 Å². The fourth-order valence-corrected chi connectivity index (χ4v) is 3.17. The van der Waals surface area contributed by atoms with Gasteiger partial charge in [-0.2, -0.15) is 0 Å². The van der Waals surface area contributed by atoms with Crippen LogP contribution in [0.25, 0.3) is 0 Å². The van der Waals surface area contributed by atoms with Crippen molar-refractivity contribution in [1.29, 1.82) is 0 Å². The maximum absolute atomic E-state index is 9.89. The molecule has 1 aromatic rings. The van der Waals surface area contributed by atoms with Crippen LogP contribution in [0.2, 0.25) is 0 Å². The third kappa shape index (κ3) is 2.99. The molecule has 2 aliphatic rings. The molecule has 1 atom stereocenters. The van der Waals surface area contributed by atoms with E-state index in [-0.39, 0.29) is 12.6 Å². The van der Waals surface area contributed by atoms with Crippen LogP contribution >= 0.6 is 0 Å². The smallest absolute Gasteiger partial charge is 0.0628 e. The van der Waals surface area contributed by atoms with Crippen molar-refractivity contribution in [2.45, 2.75) is 31.2 Å². The molecular weight excluding hydrogens is 236 g/mol. The highest BCUT2D eigenvalue weighted by molar-refractivity contribution is 5.35. The number of aliphatic hydroxyl groups excluding tert-OH is 1. The van der Waals surface area contributed by atoms with Crippen LogP contribution < -0.4 is 5.32 Å². The number of hydrogen-bond acceptors (Lipinski definition) is 3. The average molecular weight is 260 g/mol. The van der Waals surface area contributed by atoms with Crippen molar-refractivity contribution in [3.8, 4) is 0 Å². The highest BCUT2D eigenvalue weighted by Gasteiger charge is 2.30. The Morgan fingerprint density at radius 2 is 2.05 bits per heavy atom. The van der Waals surface area contributed by atoms with Crippen LogP contribution in [0.3, 0.4) is 0 Å². The van der Waals surface area contributed by atoms with Gasteiger partial charge in [-0.15, -0.1) is 0 Å². The van der Waals surface area contributed by atoms with Gasteiger partial charge in [-0.05, 0) is 42.9 Å². The number of hydrogen-bond donors (Lipinski definition) is 2. The van der Waals surface area contributed by atoms with Crippen LogP contribution in [0.5, 0.6) is 0 Å². The van der Waals surface area contributed by atoms with Gasteiger partial charge in [0.15, 0.2) is 0 Å². The number of aliphatic hydroxyl groups is 1. The molecule has 1 aromatic carbocycles. The van der Waals surface area contributed by atoms with E-state index < -0.39 is 0 Å². The number of rotatable bonds is 4. The Balaban J connectivity index is 1.84.